The summed E-state index contributed by atoms with van der Waals surface area (Å²) < 4.78 is 38.4. The summed E-state index contributed by atoms with van der Waals surface area (Å²) in [6.07, 6.45) is -5.12. The molecule has 1 aliphatic rings. The molecule has 1 aromatic rings. The summed E-state index contributed by atoms with van der Waals surface area (Å²) in [6.45, 7) is 0.274. The van der Waals surface area contributed by atoms with E-state index in [-0.39, 0.29) is 12.6 Å². The number of carbonyl (C=O) groups is 1. The van der Waals surface area contributed by atoms with Gasteiger partial charge in [-0.25, -0.2) is 4.79 Å². The molecule has 2 rings (SSSR count). The van der Waals surface area contributed by atoms with Crippen LogP contribution < -0.4 is 4.90 Å². The summed E-state index contributed by atoms with van der Waals surface area (Å²) in [4.78, 5) is 14.1. The highest BCUT2D eigenvalue weighted by Crippen LogP contribution is 2.40. The van der Waals surface area contributed by atoms with E-state index in [9.17, 15) is 18.0 Å². The lowest BCUT2D eigenvalue weighted by atomic mass is 9.94. The number of benzene rings is 1. The summed E-state index contributed by atoms with van der Waals surface area (Å²) in [6, 6.07) is 2.99. The Bertz CT molecular complexity index is 529. The third kappa shape index (κ3) is 2.58. The molecule has 0 spiro atoms. The normalized spacial score (nSPS) is 19.1. The Hall–Kier alpha value is -1.76. The Labute approximate surface area is 114 Å². The second kappa shape index (κ2) is 4.97. The number of hydrogen-bond acceptors (Lipinski definition) is 2. The Morgan fingerprint density at radius 1 is 1.40 bits per heavy atom. The first kappa shape index (κ1) is 14.6. The van der Waals surface area contributed by atoms with Crippen molar-refractivity contribution in [3.63, 3.8) is 0 Å². The van der Waals surface area contributed by atoms with Crippen molar-refractivity contribution >= 4 is 11.8 Å². The van der Waals surface area contributed by atoms with Crippen molar-refractivity contribution in [3.05, 3.63) is 29.3 Å². The summed E-state index contributed by atoms with van der Waals surface area (Å²) >= 11 is 0. The number of carboxylic acid groups (broad SMARTS) is 1. The molecule has 7 heteroatoms. The molecule has 0 fully saturated rings. The molecule has 0 saturated carbocycles. The first-order chi connectivity index (χ1) is 9.21. The molecule has 1 heterocycles. The van der Waals surface area contributed by atoms with Gasteiger partial charge in [-0.1, -0.05) is 0 Å². The predicted octanol–water partition coefficient (Wildman–Crippen LogP) is 3.20. The Morgan fingerprint density at radius 3 is 2.55 bits per heavy atom. The molecule has 110 valence electrons. The zero-order valence-electron chi connectivity index (χ0n) is 11.1. The smallest absolute Gasteiger partial charge is 0.416 e. The number of fused-ring (bicyclic) bond motifs is 1. The van der Waals surface area contributed by atoms with Gasteiger partial charge in [0.1, 0.15) is 0 Å². The highest BCUT2D eigenvalue weighted by molar-refractivity contribution is 5.88. The molecule has 0 radical (unpaired) electrons. The van der Waals surface area contributed by atoms with Gasteiger partial charge in [0, 0.05) is 12.6 Å². The van der Waals surface area contributed by atoms with Gasteiger partial charge in [-0.05, 0) is 44.3 Å². The standard InChI is InChI=1S/C13H15F3N2O2/c1-17(2)10-5-6-18(12(19)20)11-4-3-8(7-9(10)11)13(14,15)16/h3-4,7,10H,5-6H2,1-2H3,(H,19,20)/t10-/m0/s1. The van der Waals surface area contributed by atoms with E-state index in [4.69, 9.17) is 5.11 Å². The molecule has 1 aliphatic heterocycles. The predicted molar refractivity (Wildman–Crippen MR) is 67.9 cm³/mol. The fraction of sp³-hybridized carbons (Fsp3) is 0.462. The van der Waals surface area contributed by atoms with Gasteiger partial charge >= 0.3 is 12.3 Å². The number of nitrogens with zero attached hydrogens (tertiary/aromatic N) is 2. The van der Waals surface area contributed by atoms with Crippen LogP contribution in [0.4, 0.5) is 23.7 Å². The fourth-order valence-electron chi connectivity index (χ4n) is 2.51. The lowest BCUT2D eigenvalue weighted by Gasteiger charge is -2.36. The topological polar surface area (TPSA) is 43.8 Å². The van der Waals surface area contributed by atoms with E-state index in [0.29, 0.717) is 17.7 Å². The van der Waals surface area contributed by atoms with Crippen molar-refractivity contribution in [2.24, 2.45) is 0 Å². The van der Waals surface area contributed by atoms with Crippen molar-refractivity contribution in [1.82, 2.24) is 4.90 Å². The zero-order chi connectivity index (χ0) is 15.1. The number of hydrogen-bond donors (Lipinski definition) is 1. The van der Waals surface area contributed by atoms with Crippen LogP contribution in [0.25, 0.3) is 0 Å². The number of amides is 1. The van der Waals surface area contributed by atoms with Gasteiger partial charge in [0.25, 0.3) is 0 Å². The highest BCUT2D eigenvalue weighted by Gasteiger charge is 2.35. The molecular formula is C13H15F3N2O2. The van der Waals surface area contributed by atoms with Crippen LogP contribution in [0.1, 0.15) is 23.6 Å². The van der Waals surface area contributed by atoms with Crippen LogP contribution in [0.2, 0.25) is 0 Å². The van der Waals surface area contributed by atoms with Crippen molar-refractivity contribution in [2.45, 2.75) is 18.6 Å². The van der Waals surface area contributed by atoms with E-state index < -0.39 is 17.8 Å². The molecule has 20 heavy (non-hydrogen) atoms. The van der Waals surface area contributed by atoms with Gasteiger partial charge in [-0.15, -0.1) is 0 Å². The summed E-state index contributed by atoms with van der Waals surface area (Å²) in [5.74, 6) is 0. The minimum Gasteiger partial charge on any atom is -0.465 e. The second-order valence-electron chi connectivity index (χ2n) is 4.97. The Balaban J connectivity index is 2.55. The van der Waals surface area contributed by atoms with Crippen LogP contribution in [-0.2, 0) is 6.18 Å². The largest absolute Gasteiger partial charge is 0.465 e. The molecule has 1 amide bonds. The quantitative estimate of drug-likeness (QED) is 0.863. The van der Waals surface area contributed by atoms with Crippen molar-refractivity contribution in [1.29, 1.82) is 0 Å². The number of rotatable bonds is 1. The highest BCUT2D eigenvalue weighted by atomic mass is 19.4. The minimum absolute atomic E-state index is 0.220. The first-order valence-corrected chi connectivity index (χ1v) is 6.10. The van der Waals surface area contributed by atoms with E-state index in [1.54, 1.807) is 19.0 Å². The van der Waals surface area contributed by atoms with Crippen molar-refractivity contribution in [3.8, 4) is 0 Å². The van der Waals surface area contributed by atoms with Crippen LogP contribution in [-0.4, -0.2) is 36.7 Å². The summed E-state index contributed by atoms with van der Waals surface area (Å²) in [5.41, 5.74) is -0.0238. The molecule has 0 aromatic heterocycles. The van der Waals surface area contributed by atoms with E-state index >= 15 is 0 Å². The van der Waals surface area contributed by atoms with E-state index in [0.717, 1.165) is 17.0 Å². The molecule has 0 saturated heterocycles. The maximum Gasteiger partial charge on any atom is 0.416 e. The van der Waals surface area contributed by atoms with Crippen LogP contribution in [0, 0.1) is 0 Å². The molecule has 0 bridgehead atoms. The summed E-state index contributed by atoms with van der Waals surface area (Å²) in [5, 5.41) is 9.13. The Morgan fingerprint density at radius 2 is 2.05 bits per heavy atom. The van der Waals surface area contributed by atoms with Crippen molar-refractivity contribution in [2.75, 3.05) is 25.5 Å². The minimum atomic E-state index is -4.43. The zero-order valence-corrected chi connectivity index (χ0v) is 11.1. The average molecular weight is 288 g/mol. The number of anilines is 1. The molecule has 1 aromatic carbocycles. The molecule has 0 aliphatic carbocycles. The maximum absolute atomic E-state index is 12.8. The van der Waals surface area contributed by atoms with Gasteiger partial charge in [0.2, 0.25) is 0 Å². The molecule has 4 nitrogen and oxygen atoms in total. The monoisotopic (exact) mass is 288 g/mol. The SMILES string of the molecule is CN(C)[C@H]1CCN(C(=O)O)c2ccc(C(F)(F)F)cc21. The van der Waals surface area contributed by atoms with Crippen LogP contribution in [0.3, 0.4) is 0 Å². The number of halogens is 3. The summed E-state index contributed by atoms with van der Waals surface area (Å²) in [7, 11) is 3.54. The first-order valence-electron chi connectivity index (χ1n) is 6.10. The third-order valence-corrected chi connectivity index (χ3v) is 3.49. The molecular weight excluding hydrogens is 273 g/mol. The van der Waals surface area contributed by atoms with Gasteiger partial charge in [0.05, 0.1) is 11.3 Å². The van der Waals surface area contributed by atoms with Gasteiger partial charge in [-0.2, -0.15) is 13.2 Å². The molecule has 0 unspecified atom stereocenters. The van der Waals surface area contributed by atoms with Gasteiger partial charge < -0.3 is 10.0 Å². The Kier molecular flexibility index (Phi) is 3.64. The van der Waals surface area contributed by atoms with Crippen LogP contribution in [0.5, 0.6) is 0 Å². The van der Waals surface area contributed by atoms with Gasteiger partial charge in [0.15, 0.2) is 0 Å². The third-order valence-electron chi connectivity index (χ3n) is 3.49. The van der Waals surface area contributed by atoms with Crippen LogP contribution >= 0.6 is 0 Å². The lowest BCUT2D eigenvalue weighted by molar-refractivity contribution is -0.137. The lowest BCUT2D eigenvalue weighted by Crippen LogP contribution is -2.38. The fourth-order valence-corrected chi connectivity index (χ4v) is 2.51. The van der Waals surface area contributed by atoms with Crippen molar-refractivity contribution < 1.29 is 23.1 Å². The molecule has 1 N–H and O–H groups in total. The van der Waals surface area contributed by atoms with E-state index in [2.05, 4.69) is 0 Å². The maximum atomic E-state index is 12.8. The van der Waals surface area contributed by atoms with Gasteiger partial charge in [-0.3, -0.25) is 4.90 Å². The van der Waals surface area contributed by atoms with E-state index in [1.165, 1.54) is 6.07 Å². The van der Waals surface area contributed by atoms with E-state index in [1.807, 2.05) is 0 Å². The van der Waals surface area contributed by atoms with Crippen LogP contribution in [0.15, 0.2) is 18.2 Å². The average Bonchev–Trinajstić information content (AvgIpc) is 2.35. The number of alkyl halides is 3. The molecule has 1 atom stereocenters. The second-order valence-corrected chi connectivity index (χ2v) is 4.97.